The molecule has 0 N–H and O–H groups in total. The van der Waals surface area contributed by atoms with Gasteiger partial charge in [-0.3, -0.25) is 0 Å². The van der Waals surface area contributed by atoms with Crippen molar-refractivity contribution >= 4 is 0 Å². The van der Waals surface area contributed by atoms with E-state index >= 15 is 0 Å². The number of hydrogen-bond acceptors (Lipinski definition) is 0. The quantitative estimate of drug-likeness (QED) is 0.438. The van der Waals surface area contributed by atoms with Crippen LogP contribution in [0.4, 0.5) is 0 Å². The molecule has 1 aromatic heterocycles. The summed E-state index contributed by atoms with van der Waals surface area (Å²) >= 11 is 0. The topological polar surface area (TPSA) is 8.81 Å². The van der Waals surface area contributed by atoms with E-state index in [9.17, 15) is 0 Å². The van der Waals surface area contributed by atoms with Gasteiger partial charge in [-0.15, -0.1) is 0 Å². The fourth-order valence-corrected chi connectivity index (χ4v) is 3.60. The summed E-state index contributed by atoms with van der Waals surface area (Å²) in [4.78, 5) is 0. The molecule has 1 aliphatic carbocycles. The van der Waals surface area contributed by atoms with Gasteiger partial charge in [0.05, 0.1) is 13.1 Å². The lowest BCUT2D eigenvalue weighted by atomic mass is 10.0. The fourth-order valence-electron chi connectivity index (χ4n) is 3.60. The summed E-state index contributed by atoms with van der Waals surface area (Å²) in [5.74, 6) is 0. The molecule has 0 amide bonds. The van der Waals surface area contributed by atoms with Crippen LogP contribution in [0.3, 0.4) is 0 Å². The highest BCUT2D eigenvalue weighted by atomic mass is 79.9. The van der Waals surface area contributed by atoms with Crippen LogP contribution < -0.4 is 21.5 Å². The zero-order valence-corrected chi connectivity index (χ0v) is 16.3. The van der Waals surface area contributed by atoms with E-state index in [1.54, 1.807) is 11.4 Å². The van der Waals surface area contributed by atoms with Crippen molar-refractivity contribution in [2.45, 2.75) is 104 Å². The van der Waals surface area contributed by atoms with Crippen LogP contribution in [0.2, 0.25) is 0 Å². The maximum absolute atomic E-state index is 2.59. The standard InChI is InChI=1S/C19H35N2.BrH/c1-3-5-7-11-15-20-17-21(16-12-8-6-4-2)19-14-10-9-13-18(19)20;/h17H,3-16H2,1-2H3;1H/q+1;/p-1. The van der Waals surface area contributed by atoms with Crippen molar-refractivity contribution in [1.29, 1.82) is 0 Å². The van der Waals surface area contributed by atoms with Gasteiger partial charge in [0.25, 0.3) is 0 Å². The van der Waals surface area contributed by atoms with Crippen molar-refractivity contribution in [3.8, 4) is 0 Å². The van der Waals surface area contributed by atoms with Crippen molar-refractivity contribution in [3.05, 3.63) is 17.7 Å². The highest BCUT2D eigenvalue weighted by Crippen LogP contribution is 2.20. The first-order valence-electron chi connectivity index (χ1n) is 9.47. The number of rotatable bonds is 10. The lowest BCUT2D eigenvalue weighted by molar-refractivity contribution is -0.704. The van der Waals surface area contributed by atoms with Crippen LogP contribution in [-0.2, 0) is 25.9 Å². The smallest absolute Gasteiger partial charge is 0.244 e. The molecule has 0 unspecified atom stereocenters. The minimum absolute atomic E-state index is 0. The van der Waals surface area contributed by atoms with Crippen LogP contribution in [0.15, 0.2) is 6.33 Å². The van der Waals surface area contributed by atoms with Crippen molar-refractivity contribution in [2.75, 3.05) is 0 Å². The predicted molar refractivity (Wildman–Crippen MR) is 89.6 cm³/mol. The van der Waals surface area contributed by atoms with E-state index in [4.69, 9.17) is 0 Å². The van der Waals surface area contributed by atoms with Gasteiger partial charge < -0.3 is 17.0 Å². The van der Waals surface area contributed by atoms with Gasteiger partial charge in [-0.25, -0.2) is 9.13 Å². The van der Waals surface area contributed by atoms with Crippen LogP contribution in [0.5, 0.6) is 0 Å². The molecular weight excluding hydrogens is 336 g/mol. The van der Waals surface area contributed by atoms with Gasteiger partial charge in [0.15, 0.2) is 0 Å². The summed E-state index contributed by atoms with van der Waals surface area (Å²) in [5, 5.41) is 0. The second kappa shape index (κ2) is 11.3. The van der Waals surface area contributed by atoms with Crippen LogP contribution in [-0.4, -0.2) is 4.57 Å². The first-order chi connectivity index (χ1) is 10.4. The van der Waals surface area contributed by atoms with Crippen LogP contribution in [0.25, 0.3) is 0 Å². The van der Waals surface area contributed by atoms with Crippen molar-refractivity contribution in [2.24, 2.45) is 0 Å². The minimum atomic E-state index is 0. The van der Waals surface area contributed by atoms with E-state index < -0.39 is 0 Å². The third-order valence-electron chi connectivity index (χ3n) is 4.89. The molecule has 0 fully saturated rings. The zero-order chi connectivity index (χ0) is 14.9. The summed E-state index contributed by atoms with van der Waals surface area (Å²) in [6.07, 6.45) is 18.8. The molecule has 0 radical (unpaired) electrons. The van der Waals surface area contributed by atoms with Gasteiger partial charge in [0, 0.05) is 12.8 Å². The number of fused-ring (bicyclic) bond motifs is 1. The van der Waals surface area contributed by atoms with Crippen molar-refractivity contribution < 1.29 is 21.5 Å². The molecule has 0 spiro atoms. The molecule has 1 heterocycles. The highest BCUT2D eigenvalue weighted by molar-refractivity contribution is 5.11. The molecule has 2 nitrogen and oxygen atoms in total. The molecule has 3 heteroatoms. The molecule has 22 heavy (non-hydrogen) atoms. The Labute approximate surface area is 148 Å². The summed E-state index contributed by atoms with van der Waals surface area (Å²) in [7, 11) is 0. The SMILES string of the molecule is CCCCCCn1c[n+](CCCCCC)c2c1CCCC2.[Br-]. The van der Waals surface area contributed by atoms with E-state index in [-0.39, 0.29) is 17.0 Å². The molecule has 128 valence electrons. The number of unbranched alkanes of at least 4 members (excludes halogenated alkanes) is 6. The summed E-state index contributed by atoms with van der Waals surface area (Å²) in [5.41, 5.74) is 3.32. The van der Waals surface area contributed by atoms with Crippen molar-refractivity contribution in [1.82, 2.24) is 4.57 Å². The van der Waals surface area contributed by atoms with Gasteiger partial charge in [0.1, 0.15) is 11.4 Å². The lowest BCUT2D eigenvalue weighted by Crippen LogP contribution is -3.00. The first kappa shape index (κ1) is 19.7. The van der Waals surface area contributed by atoms with Gasteiger partial charge >= 0.3 is 0 Å². The van der Waals surface area contributed by atoms with Crippen LogP contribution >= 0.6 is 0 Å². The number of nitrogens with zero attached hydrogens (tertiary/aromatic N) is 2. The van der Waals surface area contributed by atoms with Gasteiger partial charge in [0.2, 0.25) is 6.33 Å². The van der Waals surface area contributed by atoms with Gasteiger partial charge in [-0.1, -0.05) is 39.5 Å². The van der Waals surface area contributed by atoms with Crippen molar-refractivity contribution in [3.63, 3.8) is 0 Å². The number of aryl methyl sites for hydroxylation is 2. The summed E-state index contributed by atoms with van der Waals surface area (Å²) in [6, 6.07) is 0. The van der Waals surface area contributed by atoms with Gasteiger partial charge in [-0.2, -0.15) is 0 Å². The van der Waals surface area contributed by atoms with Crippen LogP contribution in [0.1, 0.15) is 89.4 Å². The molecular formula is C19H35BrN2. The molecule has 0 saturated heterocycles. The Bertz CT molecular complexity index is 375. The molecule has 0 bridgehead atoms. The first-order valence-corrected chi connectivity index (χ1v) is 9.47. The van der Waals surface area contributed by atoms with Gasteiger partial charge in [-0.05, 0) is 38.5 Å². The van der Waals surface area contributed by atoms with E-state index in [2.05, 4.69) is 29.3 Å². The number of aromatic nitrogens is 2. The fraction of sp³-hybridized carbons (Fsp3) is 0.842. The Hall–Kier alpha value is -0.310. The summed E-state index contributed by atoms with van der Waals surface area (Å²) < 4.78 is 5.17. The van der Waals surface area contributed by atoms with Crippen LogP contribution in [0, 0.1) is 0 Å². The Morgan fingerprint density at radius 1 is 0.909 bits per heavy atom. The maximum atomic E-state index is 2.59. The normalized spacial score (nSPS) is 13.7. The maximum Gasteiger partial charge on any atom is 0.244 e. The Balaban J connectivity index is 0.00000242. The largest absolute Gasteiger partial charge is 1.00 e. The van der Waals surface area contributed by atoms with E-state index in [1.807, 2.05) is 0 Å². The van der Waals surface area contributed by atoms with E-state index in [1.165, 1.54) is 90.1 Å². The highest BCUT2D eigenvalue weighted by Gasteiger charge is 2.25. The number of halogens is 1. The predicted octanol–water partition coefficient (Wildman–Crippen LogP) is 1.82. The summed E-state index contributed by atoms with van der Waals surface area (Å²) in [6.45, 7) is 7.07. The van der Waals surface area contributed by atoms with E-state index in [0.717, 1.165) is 0 Å². The second-order valence-electron chi connectivity index (χ2n) is 6.72. The molecule has 0 saturated carbocycles. The third-order valence-corrected chi connectivity index (χ3v) is 4.89. The Kier molecular flexibility index (Phi) is 10.1. The molecule has 0 aliphatic heterocycles. The number of hydrogen-bond donors (Lipinski definition) is 0. The van der Waals surface area contributed by atoms with E-state index in [0.29, 0.717) is 0 Å². The average molecular weight is 371 g/mol. The monoisotopic (exact) mass is 370 g/mol. The molecule has 1 aliphatic rings. The number of imidazole rings is 1. The minimum Gasteiger partial charge on any atom is -1.00 e. The Morgan fingerprint density at radius 3 is 2.32 bits per heavy atom. The lowest BCUT2D eigenvalue weighted by Gasteiger charge is -2.10. The molecule has 2 rings (SSSR count). The zero-order valence-electron chi connectivity index (χ0n) is 14.7. The molecule has 1 aromatic rings. The average Bonchev–Trinajstić information content (AvgIpc) is 2.87. The third kappa shape index (κ3) is 5.72. The molecule has 0 atom stereocenters. The second-order valence-corrected chi connectivity index (χ2v) is 6.72. The Morgan fingerprint density at radius 2 is 1.59 bits per heavy atom. The molecule has 0 aromatic carbocycles.